The molecule has 0 radical (unpaired) electrons. The lowest BCUT2D eigenvalue weighted by Crippen LogP contribution is -2.23. The summed E-state index contributed by atoms with van der Waals surface area (Å²) in [6.07, 6.45) is 0. The van der Waals surface area contributed by atoms with Crippen molar-refractivity contribution in [2.45, 2.75) is 0 Å². The lowest BCUT2D eigenvalue weighted by Gasteiger charge is -2.40. The van der Waals surface area contributed by atoms with Gasteiger partial charge in [0.1, 0.15) is 5.01 Å². The highest BCUT2D eigenvalue weighted by Crippen LogP contribution is 2.54. The first-order valence-electron chi connectivity index (χ1n) is 17.8. The summed E-state index contributed by atoms with van der Waals surface area (Å²) < 4.78 is 4.84. The topological polar surface area (TPSA) is 32.3 Å². The second-order valence-electron chi connectivity index (χ2n) is 13.1. The number of nitrogens with zero attached hydrogens (tertiary/aromatic N) is 4. The van der Waals surface area contributed by atoms with Gasteiger partial charge in [0.25, 0.3) is 0 Å². The SMILES string of the molecule is c1ccc(-c2ccc(N3c4ccccc4N(c4cccc(-c5nc(-c6ccc7c(-c8ccccc8)cccc7c6)ns5)c4)c4ccccc43)cc2)cc1. The van der Waals surface area contributed by atoms with Crippen LogP contribution >= 0.6 is 11.5 Å². The van der Waals surface area contributed by atoms with Crippen LogP contribution in [0.3, 0.4) is 0 Å². The molecular weight excluding hydrogens is 665 g/mol. The Bertz CT molecular complexity index is 2690. The van der Waals surface area contributed by atoms with Gasteiger partial charge in [-0.05, 0) is 99.2 Å². The summed E-state index contributed by atoms with van der Waals surface area (Å²) in [4.78, 5) is 9.80. The molecule has 4 nitrogen and oxygen atoms in total. The Morgan fingerprint density at radius 3 is 1.60 bits per heavy atom. The molecule has 9 aromatic rings. The number of fused-ring (bicyclic) bond motifs is 3. The summed E-state index contributed by atoms with van der Waals surface area (Å²) in [7, 11) is 0. The molecule has 1 aromatic heterocycles. The Kier molecular flexibility index (Phi) is 7.63. The normalized spacial score (nSPS) is 12.1. The zero-order valence-electron chi connectivity index (χ0n) is 28.7. The van der Waals surface area contributed by atoms with Crippen LogP contribution in [-0.4, -0.2) is 9.36 Å². The monoisotopic (exact) mass is 696 g/mol. The third-order valence-electron chi connectivity index (χ3n) is 9.96. The molecule has 2 heterocycles. The summed E-state index contributed by atoms with van der Waals surface area (Å²) in [6, 6.07) is 68.9. The molecule has 0 saturated heterocycles. The average molecular weight is 697 g/mol. The fourth-order valence-corrected chi connectivity index (χ4v) is 8.14. The van der Waals surface area contributed by atoms with Crippen molar-refractivity contribution in [2.75, 3.05) is 9.80 Å². The third-order valence-corrected chi connectivity index (χ3v) is 10.7. The summed E-state index contributed by atoms with van der Waals surface area (Å²) in [5.74, 6) is 0.741. The molecule has 250 valence electrons. The largest absolute Gasteiger partial charge is 0.306 e. The van der Waals surface area contributed by atoms with Crippen molar-refractivity contribution in [3.63, 3.8) is 0 Å². The maximum absolute atomic E-state index is 5.07. The first-order valence-corrected chi connectivity index (χ1v) is 18.5. The molecule has 0 N–H and O–H groups in total. The minimum atomic E-state index is 0.741. The molecule has 53 heavy (non-hydrogen) atoms. The highest BCUT2D eigenvalue weighted by atomic mass is 32.1. The Morgan fingerprint density at radius 2 is 0.925 bits per heavy atom. The zero-order valence-corrected chi connectivity index (χ0v) is 29.5. The van der Waals surface area contributed by atoms with Gasteiger partial charge >= 0.3 is 0 Å². The number of para-hydroxylation sites is 4. The van der Waals surface area contributed by atoms with E-state index in [-0.39, 0.29) is 0 Å². The second-order valence-corrected chi connectivity index (χ2v) is 13.9. The molecule has 0 amide bonds. The van der Waals surface area contributed by atoms with Crippen LogP contribution in [0.25, 0.3) is 55.0 Å². The summed E-state index contributed by atoms with van der Waals surface area (Å²) in [5.41, 5.74) is 13.5. The van der Waals surface area contributed by atoms with Gasteiger partial charge in [-0.1, -0.05) is 140 Å². The van der Waals surface area contributed by atoms with E-state index in [1.807, 2.05) is 0 Å². The highest BCUT2D eigenvalue weighted by molar-refractivity contribution is 7.09. The Morgan fingerprint density at radius 1 is 0.377 bits per heavy atom. The smallest absolute Gasteiger partial charge is 0.173 e. The molecule has 0 bridgehead atoms. The molecule has 0 fully saturated rings. The Balaban J connectivity index is 0.998. The minimum Gasteiger partial charge on any atom is -0.306 e. The van der Waals surface area contributed by atoms with Gasteiger partial charge in [-0.25, -0.2) is 4.98 Å². The van der Waals surface area contributed by atoms with Crippen LogP contribution in [0.5, 0.6) is 0 Å². The molecule has 0 aliphatic carbocycles. The number of benzene rings is 8. The highest BCUT2D eigenvalue weighted by Gasteiger charge is 2.30. The molecule has 0 saturated carbocycles. The van der Waals surface area contributed by atoms with E-state index in [4.69, 9.17) is 9.36 Å². The van der Waals surface area contributed by atoms with Crippen LogP contribution in [0.2, 0.25) is 0 Å². The summed E-state index contributed by atoms with van der Waals surface area (Å²) in [5, 5.41) is 3.28. The van der Waals surface area contributed by atoms with Gasteiger partial charge in [0.15, 0.2) is 5.82 Å². The lowest BCUT2D eigenvalue weighted by molar-refractivity contribution is 1.17. The number of rotatable bonds is 6. The summed E-state index contributed by atoms with van der Waals surface area (Å²) in [6.45, 7) is 0. The van der Waals surface area contributed by atoms with Gasteiger partial charge in [0.05, 0.1) is 22.7 Å². The number of hydrogen-bond donors (Lipinski definition) is 0. The van der Waals surface area contributed by atoms with E-state index >= 15 is 0 Å². The van der Waals surface area contributed by atoms with Crippen molar-refractivity contribution in [3.8, 4) is 44.2 Å². The standard InChI is InChI=1S/C48H32N4S/c1-3-13-33(14-4-1)34-25-28-39(29-26-34)51-43-21-7-9-23-45(43)52(46-24-10-8-22-44(46)51)40-19-11-18-38(32-40)48-49-47(50-53-48)37-27-30-42-36(31-37)17-12-20-41(42)35-15-5-2-6-16-35/h1-32H. The summed E-state index contributed by atoms with van der Waals surface area (Å²) >= 11 is 1.44. The van der Waals surface area contributed by atoms with Crippen LogP contribution in [0, 0.1) is 0 Å². The Labute approximate surface area is 312 Å². The van der Waals surface area contributed by atoms with Crippen LogP contribution in [-0.2, 0) is 0 Å². The first kappa shape index (κ1) is 31.0. The maximum Gasteiger partial charge on any atom is 0.173 e. The van der Waals surface area contributed by atoms with Crippen LogP contribution in [0.1, 0.15) is 0 Å². The predicted octanol–water partition coefficient (Wildman–Crippen LogP) is 13.6. The molecule has 8 aromatic carbocycles. The number of aromatic nitrogens is 2. The van der Waals surface area contributed by atoms with E-state index in [0.717, 1.165) is 56.1 Å². The second kappa shape index (κ2) is 13.1. The molecule has 5 heteroatoms. The van der Waals surface area contributed by atoms with Crippen LogP contribution in [0.15, 0.2) is 194 Å². The van der Waals surface area contributed by atoms with Crippen molar-refractivity contribution in [3.05, 3.63) is 194 Å². The molecule has 1 aliphatic heterocycles. The fraction of sp³-hybridized carbons (Fsp3) is 0. The van der Waals surface area contributed by atoms with Gasteiger partial charge in [0.2, 0.25) is 0 Å². The lowest BCUT2D eigenvalue weighted by atomic mass is 9.97. The van der Waals surface area contributed by atoms with Gasteiger partial charge in [-0.15, -0.1) is 0 Å². The quantitative estimate of drug-likeness (QED) is 0.173. The first-order chi connectivity index (χ1) is 26.3. The van der Waals surface area contributed by atoms with Crippen molar-refractivity contribution in [1.82, 2.24) is 9.36 Å². The Hall–Kier alpha value is -6.82. The zero-order chi connectivity index (χ0) is 35.1. The van der Waals surface area contributed by atoms with E-state index in [1.165, 1.54) is 44.6 Å². The average Bonchev–Trinajstić information content (AvgIpc) is 3.74. The van der Waals surface area contributed by atoms with E-state index in [9.17, 15) is 0 Å². The van der Waals surface area contributed by atoms with Crippen molar-refractivity contribution >= 4 is 56.4 Å². The minimum absolute atomic E-state index is 0.741. The maximum atomic E-state index is 5.07. The van der Waals surface area contributed by atoms with Gasteiger partial charge < -0.3 is 9.80 Å². The molecule has 10 rings (SSSR count). The molecule has 0 spiro atoms. The van der Waals surface area contributed by atoms with Gasteiger partial charge in [-0.2, -0.15) is 4.37 Å². The van der Waals surface area contributed by atoms with E-state index < -0.39 is 0 Å². The van der Waals surface area contributed by atoms with Crippen LogP contribution < -0.4 is 9.80 Å². The third kappa shape index (κ3) is 5.55. The van der Waals surface area contributed by atoms with E-state index in [0.29, 0.717) is 0 Å². The molecule has 0 atom stereocenters. The molecule has 1 aliphatic rings. The van der Waals surface area contributed by atoms with Gasteiger partial charge in [-0.3, -0.25) is 0 Å². The molecular formula is C48H32N4S. The van der Waals surface area contributed by atoms with Gasteiger partial charge in [0, 0.05) is 22.5 Å². The fourth-order valence-electron chi connectivity index (χ4n) is 7.46. The van der Waals surface area contributed by atoms with Crippen molar-refractivity contribution in [1.29, 1.82) is 0 Å². The van der Waals surface area contributed by atoms with E-state index in [2.05, 4.69) is 204 Å². The van der Waals surface area contributed by atoms with Crippen LogP contribution in [0.4, 0.5) is 34.1 Å². The van der Waals surface area contributed by atoms with E-state index in [1.54, 1.807) is 0 Å². The number of anilines is 6. The molecule has 0 unspecified atom stereocenters. The predicted molar refractivity (Wildman–Crippen MR) is 222 cm³/mol. The van der Waals surface area contributed by atoms with Crippen molar-refractivity contribution < 1.29 is 0 Å². The van der Waals surface area contributed by atoms with Crippen molar-refractivity contribution in [2.24, 2.45) is 0 Å². The number of hydrogen-bond acceptors (Lipinski definition) is 5.